The first-order valence-electron chi connectivity index (χ1n) is 10.5. The Morgan fingerprint density at radius 3 is 1.64 bits per heavy atom. The highest BCUT2D eigenvalue weighted by atomic mass is 16.1. The van der Waals surface area contributed by atoms with Gasteiger partial charge in [0.25, 0.3) is 5.91 Å². The van der Waals surface area contributed by atoms with E-state index in [1.807, 2.05) is 76.2 Å². The van der Waals surface area contributed by atoms with Crippen molar-refractivity contribution in [3.63, 3.8) is 0 Å². The average molecular weight is 440 g/mol. The van der Waals surface area contributed by atoms with Crippen LogP contribution in [0.25, 0.3) is 0 Å². The standard InChI is InChI=1S/C25H25N7O/c1-15-12-16(2)27-24(26-15)31-20-10-8-19(9-11-20)23(33)30-21-6-5-7-22(14-21)32-25-28-17(3)13-18(4)29-25/h5-14H,1-4H3,(H,30,33)(H,26,27,31)(H,28,29,32). The zero-order valence-electron chi connectivity index (χ0n) is 19.0. The molecule has 3 N–H and O–H groups in total. The number of amides is 1. The number of hydrogen-bond donors (Lipinski definition) is 3. The van der Waals surface area contributed by atoms with E-state index in [1.165, 1.54) is 0 Å². The number of anilines is 5. The normalized spacial score (nSPS) is 10.5. The highest BCUT2D eigenvalue weighted by Crippen LogP contribution is 2.20. The Morgan fingerprint density at radius 1 is 0.606 bits per heavy atom. The van der Waals surface area contributed by atoms with E-state index in [1.54, 1.807) is 12.1 Å². The summed E-state index contributed by atoms with van der Waals surface area (Å²) >= 11 is 0. The van der Waals surface area contributed by atoms with Crippen molar-refractivity contribution < 1.29 is 4.79 Å². The number of aryl methyl sites for hydroxylation is 4. The number of hydrogen-bond acceptors (Lipinski definition) is 7. The number of carbonyl (C=O) groups excluding carboxylic acids is 1. The van der Waals surface area contributed by atoms with Gasteiger partial charge in [-0.25, -0.2) is 19.9 Å². The summed E-state index contributed by atoms with van der Waals surface area (Å²) in [5, 5.41) is 9.28. The molecule has 8 heteroatoms. The van der Waals surface area contributed by atoms with Crippen LogP contribution in [0.5, 0.6) is 0 Å². The molecule has 0 aliphatic carbocycles. The summed E-state index contributed by atoms with van der Waals surface area (Å²) in [4.78, 5) is 30.3. The number of nitrogens with one attached hydrogen (secondary N) is 3. The minimum absolute atomic E-state index is 0.205. The van der Waals surface area contributed by atoms with Crippen LogP contribution in [0.3, 0.4) is 0 Å². The predicted molar refractivity (Wildman–Crippen MR) is 130 cm³/mol. The van der Waals surface area contributed by atoms with Crippen molar-refractivity contribution in [1.82, 2.24) is 19.9 Å². The maximum absolute atomic E-state index is 12.7. The Kier molecular flexibility index (Phi) is 6.26. The Hall–Kier alpha value is -4.33. The van der Waals surface area contributed by atoms with Gasteiger partial charge < -0.3 is 16.0 Å². The van der Waals surface area contributed by atoms with E-state index >= 15 is 0 Å². The van der Waals surface area contributed by atoms with E-state index in [9.17, 15) is 4.79 Å². The van der Waals surface area contributed by atoms with Gasteiger partial charge in [-0.15, -0.1) is 0 Å². The molecule has 0 aliphatic rings. The van der Waals surface area contributed by atoms with Gasteiger partial charge in [0.1, 0.15) is 0 Å². The first kappa shape index (κ1) is 21.9. The van der Waals surface area contributed by atoms with E-state index in [0.717, 1.165) is 34.2 Å². The first-order valence-corrected chi connectivity index (χ1v) is 10.5. The van der Waals surface area contributed by atoms with Crippen LogP contribution in [-0.2, 0) is 0 Å². The van der Waals surface area contributed by atoms with Crippen LogP contribution >= 0.6 is 0 Å². The Morgan fingerprint density at radius 2 is 1.09 bits per heavy atom. The van der Waals surface area contributed by atoms with Crippen LogP contribution in [0.1, 0.15) is 33.1 Å². The highest BCUT2D eigenvalue weighted by molar-refractivity contribution is 6.04. The Bertz CT molecular complexity index is 1260. The molecule has 4 rings (SSSR count). The molecule has 4 aromatic rings. The van der Waals surface area contributed by atoms with Crippen molar-refractivity contribution in [3.8, 4) is 0 Å². The molecule has 0 saturated carbocycles. The van der Waals surface area contributed by atoms with Crippen LogP contribution < -0.4 is 16.0 Å². The largest absolute Gasteiger partial charge is 0.324 e. The fraction of sp³-hybridized carbons (Fsp3) is 0.160. The van der Waals surface area contributed by atoms with Crippen LogP contribution in [-0.4, -0.2) is 25.8 Å². The lowest BCUT2D eigenvalue weighted by Gasteiger charge is -2.10. The molecule has 0 bridgehead atoms. The van der Waals surface area contributed by atoms with Crippen molar-refractivity contribution in [3.05, 3.63) is 89.0 Å². The maximum Gasteiger partial charge on any atom is 0.255 e. The summed E-state index contributed by atoms with van der Waals surface area (Å²) in [5.41, 5.74) is 6.34. The van der Waals surface area contributed by atoms with Gasteiger partial charge in [-0.2, -0.15) is 0 Å². The second-order valence-electron chi connectivity index (χ2n) is 7.81. The summed E-state index contributed by atoms with van der Waals surface area (Å²) in [6.07, 6.45) is 0. The molecule has 1 amide bonds. The van der Waals surface area contributed by atoms with Gasteiger partial charge in [-0.05, 0) is 82.3 Å². The molecule has 2 heterocycles. The average Bonchev–Trinajstić information content (AvgIpc) is 2.73. The molecule has 0 fully saturated rings. The molecule has 8 nitrogen and oxygen atoms in total. The summed E-state index contributed by atoms with van der Waals surface area (Å²) < 4.78 is 0. The second kappa shape index (κ2) is 9.44. The Labute approximate surface area is 192 Å². The third kappa shape index (κ3) is 5.88. The third-order valence-electron chi connectivity index (χ3n) is 4.74. The molecule has 2 aromatic carbocycles. The number of nitrogens with zero attached hydrogens (tertiary/aromatic N) is 4. The lowest BCUT2D eigenvalue weighted by Crippen LogP contribution is -2.12. The van der Waals surface area contributed by atoms with Gasteiger partial charge >= 0.3 is 0 Å². The quantitative estimate of drug-likeness (QED) is 0.377. The van der Waals surface area contributed by atoms with Crippen molar-refractivity contribution in [2.45, 2.75) is 27.7 Å². The molecule has 0 radical (unpaired) electrons. The predicted octanol–water partition coefficient (Wildman–Crippen LogP) is 5.24. The maximum atomic E-state index is 12.7. The van der Waals surface area contributed by atoms with Crippen molar-refractivity contribution in [1.29, 1.82) is 0 Å². The fourth-order valence-corrected chi connectivity index (χ4v) is 3.40. The van der Waals surface area contributed by atoms with Gasteiger partial charge in [-0.1, -0.05) is 6.07 Å². The zero-order chi connectivity index (χ0) is 23.4. The molecule has 0 atom stereocenters. The van der Waals surface area contributed by atoms with Gasteiger partial charge in [0.05, 0.1) is 0 Å². The molecule has 166 valence electrons. The number of aromatic nitrogens is 4. The molecular formula is C25H25N7O. The topological polar surface area (TPSA) is 105 Å². The van der Waals surface area contributed by atoms with Gasteiger partial charge in [0.15, 0.2) is 0 Å². The van der Waals surface area contributed by atoms with Gasteiger partial charge in [0, 0.05) is 45.4 Å². The first-order chi connectivity index (χ1) is 15.8. The molecule has 0 spiro atoms. The van der Waals surface area contributed by atoms with Crippen molar-refractivity contribution >= 4 is 34.9 Å². The number of rotatable bonds is 6. The smallest absolute Gasteiger partial charge is 0.255 e. The summed E-state index contributed by atoms with van der Waals surface area (Å²) in [6, 6.07) is 18.4. The van der Waals surface area contributed by atoms with Crippen LogP contribution in [0.2, 0.25) is 0 Å². The lowest BCUT2D eigenvalue weighted by atomic mass is 10.2. The van der Waals surface area contributed by atoms with E-state index in [-0.39, 0.29) is 5.91 Å². The molecule has 0 unspecified atom stereocenters. The van der Waals surface area contributed by atoms with Crippen LogP contribution in [0.4, 0.5) is 29.0 Å². The van der Waals surface area contributed by atoms with Gasteiger partial charge in [0.2, 0.25) is 11.9 Å². The highest BCUT2D eigenvalue weighted by Gasteiger charge is 2.08. The van der Waals surface area contributed by atoms with E-state index in [4.69, 9.17) is 0 Å². The molecular weight excluding hydrogens is 414 g/mol. The Balaban J connectivity index is 1.42. The van der Waals surface area contributed by atoms with Crippen LogP contribution in [0, 0.1) is 27.7 Å². The minimum Gasteiger partial charge on any atom is -0.324 e. The lowest BCUT2D eigenvalue weighted by molar-refractivity contribution is 0.102. The monoisotopic (exact) mass is 439 g/mol. The fourth-order valence-electron chi connectivity index (χ4n) is 3.40. The molecule has 2 aromatic heterocycles. The summed E-state index contributed by atoms with van der Waals surface area (Å²) in [7, 11) is 0. The molecule has 0 saturated heterocycles. The minimum atomic E-state index is -0.205. The molecule has 33 heavy (non-hydrogen) atoms. The summed E-state index contributed by atoms with van der Waals surface area (Å²) in [5.74, 6) is 0.845. The van der Waals surface area contributed by atoms with E-state index in [2.05, 4.69) is 35.9 Å². The number of carbonyl (C=O) groups is 1. The van der Waals surface area contributed by atoms with Crippen molar-refractivity contribution in [2.75, 3.05) is 16.0 Å². The van der Waals surface area contributed by atoms with E-state index in [0.29, 0.717) is 23.1 Å². The molecule has 0 aliphatic heterocycles. The van der Waals surface area contributed by atoms with E-state index < -0.39 is 0 Å². The third-order valence-corrected chi connectivity index (χ3v) is 4.74. The van der Waals surface area contributed by atoms with Crippen LogP contribution in [0.15, 0.2) is 60.7 Å². The van der Waals surface area contributed by atoms with Crippen molar-refractivity contribution in [2.24, 2.45) is 0 Å². The second-order valence-corrected chi connectivity index (χ2v) is 7.81. The number of benzene rings is 2. The SMILES string of the molecule is Cc1cc(C)nc(Nc2ccc(C(=O)Nc3cccc(Nc4nc(C)cc(C)n4)c3)cc2)n1. The zero-order valence-corrected chi connectivity index (χ0v) is 19.0. The summed E-state index contributed by atoms with van der Waals surface area (Å²) in [6.45, 7) is 7.69. The van der Waals surface area contributed by atoms with Gasteiger partial charge in [-0.3, -0.25) is 4.79 Å².